The quantitative estimate of drug-likeness (QED) is 0.858. The Hall–Kier alpha value is -2.21. The fourth-order valence-electron chi connectivity index (χ4n) is 3.25. The van der Waals surface area contributed by atoms with Crippen LogP contribution in [0.25, 0.3) is 0 Å². The average molecular weight is 329 g/mol. The number of anilines is 1. The zero-order chi connectivity index (χ0) is 16.9. The lowest BCUT2D eigenvalue weighted by Crippen LogP contribution is -2.47. The van der Waals surface area contributed by atoms with Gasteiger partial charge in [-0.1, -0.05) is 12.2 Å². The molecule has 1 aromatic rings. The average Bonchev–Trinajstić information content (AvgIpc) is 2.62. The summed E-state index contributed by atoms with van der Waals surface area (Å²) in [4.78, 5) is 31.5. The van der Waals surface area contributed by atoms with Gasteiger partial charge in [-0.05, 0) is 31.9 Å². The van der Waals surface area contributed by atoms with Crippen molar-refractivity contribution in [2.24, 2.45) is 11.8 Å². The second-order valence-electron chi connectivity index (χ2n) is 6.27. The molecule has 6 heteroatoms. The van der Waals surface area contributed by atoms with Gasteiger partial charge in [0.15, 0.2) is 0 Å². The van der Waals surface area contributed by atoms with Gasteiger partial charge in [0.1, 0.15) is 0 Å². The summed E-state index contributed by atoms with van der Waals surface area (Å²) in [6.45, 7) is 4.24. The Morgan fingerprint density at radius 2 is 1.92 bits per heavy atom. The minimum atomic E-state index is -0.334. The van der Waals surface area contributed by atoms with E-state index in [1.165, 1.54) is 0 Å². The molecule has 1 aliphatic carbocycles. The van der Waals surface area contributed by atoms with E-state index in [0.29, 0.717) is 39.1 Å². The summed E-state index contributed by atoms with van der Waals surface area (Å²) in [6, 6.07) is 3.59. The van der Waals surface area contributed by atoms with Gasteiger partial charge in [-0.25, -0.2) is 0 Å². The number of nitrogens with zero attached hydrogens (tertiary/aromatic N) is 2. The number of carbonyl (C=O) groups excluding carboxylic acids is 2. The summed E-state index contributed by atoms with van der Waals surface area (Å²) in [5.74, 6) is -0.667. The molecule has 24 heavy (non-hydrogen) atoms. The van der Waals surface area contributed by atoms with E-state index in [-0.39, 0.29) is 23.7 Å². The lowest BCUT2D eigenvalue weighted by atomic mass is 9.81. The molecule has 2 atom stereocenters. The molecule has 1 aromatic heterocycles. The molecule has 1 N–H and O–H groups in total. The van der Waals surface area contributed by atoms with Crippen molar-refractivity contribution in [1.29, 1.82) is 0 Å². The van der Waals surface area contributed by atoms with Crippen LogP contribution in [0.15, 0.2) is 30.5 Å². The predicted molar refractivity (Wildman–Crippen MR) is 90.4 cm³/mol. The van der Waals surface area contributed by atoms with Gasteiger partial charge >= 0.3 is 0 Å². The molecule has 3 rings (SSSR count). The number of hydrogen-bond acceptors (Lipinski definition) is 4. The van der Waals surface area contributed by atoms with Crippen LogP contribution in [-0.2, 0) is 14.3 Å². The summed E-state index contributed by atoms with van der Waals surface area (Å²) in [5, 5.41) is 2.93. The van der Waals surface area contributed by atoms with E-state index in [1.807, 2.05) is 30.0 Å². The van der Waals surface area contributed by atoms with Crippen molar-refractivity contribution in [2.45, 2.75) is 19.8 Å². The summed E-state index contributed by atoms with van der Waals surface area (Å²) in [6.07, 6.45) is 6.87. The van der Waals surface area contributed by atoms with Crippen LogP contribution in [-0.4, -0.2) is 48.0 Å². The third-order valence-corrected chi connectivity index (χ3v) is 4.57. The number of carbonyl (C=O) groups is 2. The van der Waals surface area contributed by atoms with Gasteiger partial charge in [0.2, 0.25) is 11.8 Å². The number of ether oxygens (including phenoxy) is 1. The van der Waals surface area contributed by atoms with Crippen molar-refractivity contribution in [1.82, 2.24) is 9.88 Å². The molecule has 0 saturated carbocycles. The van der Waals surface area contributed by atoms with E-state index in [4.69, 9.17) is 4.74 Å². The lowest BCUT2D eigenvalue weighted by molar-refractivity contribution is -0.144. The Bertz CT molecular complexity index is 638. The zero-order valence-corrected chi connectivity index (χ0v) is 13.9. The highest BCUT2D eigenvalue weighted by Crippen LogP contribution is 2.29. The number of allylic oxidation sites excluding steroid dienone is 2. The fraction of sp³-hybridized carbons (Fsp3) is 0.500. The molecular formula is C18H23N3O3. The van der Waals surface area contributed by atoms with Crippen molar-refractivity contribution in [3.05, 3.63) is 36.2 Å². The van der Waals surface area contributed by atoms with Gasteiger partial charge in [-0.3, -0.25) is 14.6 Å². The molecule has 2 heterocycles. The van der Waals surface area contributed by atoms with E-state index in [9.17, 15) is 9.59 Å². The summed E-state index contributed by atoms with van der Waals surface area (Å²) >= 11 is 0. The van der Waals surface area contributed by atoms with Crippen LogP contribution in [0.4, 0.5) is 5.69 Å². The second-order valence-corrected chi connectivity index (χ2v) is 6.27. The molecule has 2 amide bonds. The topological polar surface area (TPSA) is 71.5 Å². The highest BCUT2D eigenvalue weighted by molar-refractivity contribution is 5.96. The normalized spacial score (nSPS) is 23.8. The lowest BCUT2D eigenvalue weighted by Gasteiger charge is -2.34. The first-order valence-corrected chi connectivity index (χ1v) is 8.40. The highest BCUT2D eigenvalue weighted by atomic mass is 16.5. The summed E-state index contributed by atoms with van der Waals surface area (Å²) in [5.41, 5.74) is 1.57. The van der Waals surface area contributed by atoms with Crippen LogP contribution < -0.4 is 5.32 Å². The van der Waals surface area contributed by atoms with Gasteiger partial charge in [-0.2, -0.15) is 0 Å². The molecule has 6 nitrogen and oxygen atoms in total. The number of aryl methyl sites for hydroxylation is 1. The van der Waals surface area contributed by atoms with Gasteiger partial charge in [0.25, 0.3) is 0 Å². The minimum absolute atomic E-state index is 0.0636. The first-order valence-electron chi connectivity index (χ1n) is 8.40. The highest BCUT2D eigenvalue weighted by Gasteiger charge is 2.36. The van der Waals surface area contributed by atoms with Crippen LogP contribution in [0.5, 0.6) is 0 Å². The van der Waals surface area contributed by atoms with Crippen LogP contribution in [0.1, 0.15) is 18.5 Å². The third kappa shape index (κ3) is 3.82. The number of nitrogens with one attached hydrogen (secondary N) is 1. The predicted octanol–water partition coefficient (Wildman–Crippen LogP) is 1.77. The van der Waals surface area contributed by atoms with Crippen molar-refractivity contribution in [3.63, 3.8) is 0 Å². The van der Waals surface area contributed by atoms with Crippen molar-refractivity contribution in [2.75, 3.05) is 31.6 Å². The van der Waals surface area contributed by atoms with Gasteiger partial charge in [-0.15, -0.1) is 0 Å². The Balaban J connectivity index is 1.70. The molecule has 1 saturated heterocycles. The van der Waals surface area contributed by atoms with Crippen molar-refractivity contribution in [3.8, 4) is 0 Å². The van der Waals surface area contributed by atoms with E-state index < -0.39 is 0 Å². The number of amides is 2. The van der Waals surface area contributed by atoms with E-state index in [1.54, 1.807) is 12.3 Å². The van der Waals surface area contributed by atoms with E-state index >= 15 is 0 Å². The number of morpholine rings is 1. The van der Waals surface area contributed by atoms with E-state index in [0.717, 1.165) is 11.4 Å². The first-order chi connectivity index (χ1) is 11.6. The van der Waals surface area contributed by atoms with Crippen LogP contribution in [0.3, 0.4) is 0 Å². The molecule has 2 aliphatic rings. The second kappa shape index (κ2) is 7.57. The molecule has 0 aromatic carbocycles. The molecule has 1 aliphatic heterocycles. The number of aromatic nitrogens is 1. The SMILES string of the molecule is Cc1cc(NC(=O)C2CC=CCC2C(=O)N2CCOCC2)ccn1. The van der Waals surface area contributed by atoms with Gasteiger partial charge < -0.3 is 15.0 Å². The molecular weight excluding hydrogens is 306 g/mol. The minimum Gasteiger partial charge on any atom is -0.378 e. The number of pyridine rings is 1. The molecule has 0 bridgehead atoms. The standard InChI is InChI=1S/C18H23N3O3/c1-13-12-14(6-7-19-13)20-17(22)15-4-2-3-5-16(15)18(23)21-8-10-24-11-9-21/h2-3,6-7,12,15-16H,4-5,8-11H2,1H3,(H,19,20,22). The van der Waals surface area contributed by atoms with Crippen LogP contribution in [0.2, 0.25) is 0 Å². The van der Waals surface area contributed by atoms with Crippen LogP contribution >= 0.6 is 0 Å². The van der Waals surface area contributed by atoms with E-state index in [2.05, 4.69) is 10.3 Å². The monoisotopic (exact) mass is 329 g/mol. The Labute approximate surface area is 141 Å². The summed E-state index contributed by atoms with van der Waals surface area (Å²) < 4.78 is 5.31. The molecule has 1 fully saturated rings. The van der Waals surface area contributed by atoms with Gasteiger partial charge in [0, 0.05) is 30.7 Å². The number of hydrogen-bond donors (Lipinski definition) is 1. The van der Waals surface area contributed by atoms with Crippen molar-refractivity contribution < 1.29 is 14.3 Å². The maximum Gasteiger partial charge on any atom is 0.228 e. The Morgan fingerprint density at radius 3 is 2.62 bits per heavy atom. The molecule has 0 spiro atoms. The first kappa shape index (κ1) is 16.6. The maximum atomic E-state index is 12.8. The molecule has 128 valence electrons. The van der Waals surface area contributed by atoms with Gasteiger partial charge in [0.05, 0.1) is 25.0 Å². The Kier molecular flexibility index (Phi) is 5.25. The zero-order valence-electron chi connectivity index (χ0n) is 13.9. The molecule has 2 unspecified atom stereocenters. The van der Waals surface area contributed by atoms with Crippen molar-refractivity contribution >= 4 is 17.5 Å². The van der Waals surface area contributed by atoms with Crippen LogP contribution in [0, 0.1) is 18.8 Å². The fourth-order valence-corrected chi connectivity index (χ4v) is 3.25. The maximum absolute atomic E-state index is 12.8. The summed E-state index contributed by atoms with van der Waals surface area (Å²) in [7, 11) is 0. The Morgan fingerprint density at radius 1 is 1.21 bits per heavy atom. The third-order valence-electron chi connectivity index (χ3n) is 4.57. The smallest absolute Gasteiger partial charge is 0.228 e. The molecule has 0 radical (unpaired) electrons. The largest absolute Gasteiger partial charge is 0.378 e. The number of rotatable bonds is 3.